The molecule has 6 heteroatoms. The second-order valence-electron chi connectivity index (χ2n) is 7.66. The minimum Gasteiger partial charge on any atom is -0.496 e. The van der Waals surface area contributed by atoms with Crippen molar-refractivity contribution in [2.45, 2.75) is 25.7 Å². The molecular formula is C28H34O6. The first-order chi connectivity index (χ1) is 16.6. The van der Waals surface area contributed by atoms with Crippen molar-refractivity contribution in [2.24, 2.45) is 0 Å². The fourth-order valence-electron chi connectivity index (χ4n) is 4.20. The maximum absolute atomic E-state index is 6.29. The average molecular weight is 467 g/mol. The standard InChI is InChI=1S/C28H34O6/c1-7-8-18-34-24-17-11-16-23(33-6)27(24)28(25-19(29-2)12-9-13-20(25)30-3)26-21(31-4)14-10-15-22(26)32-5/h9-17,28H,7-8,18H2,1-6H3. The largest absolute Gasteiger partial charge is 0.496 e. The monoisotopic (exact) mass is 466 g/mol. The average Bonchev–Trinajstić information content (AvgIpc) is 2.89. The van der Waals surface area contributed by atoms with E-state index in [9.17, 15) is 0 Å². The van der Waals surface area contributed by atoms with Gasteiger partial charge in [-0.3, -0.25) is 0 Å². The lowest BCUT2D eigenvalue weighted by atomic mass is 9.82. The topological polar surface area (TPSA) is 55.4 Å². The third-order valence-corrected chi connectivity index (χ3v) is 5.80. The summed E-state index contributed by atoms with van der Waals surface area (Å²) >= 11 is 0. The minimum atomic E-state index is -0.440. The van der Waals surface area contributed by atoms with Crippen LogP contribution in [0.1, 0.15) is 42.4 Å². The Hall–Kier alpha value is -3.54. The summed E-state index contributed by atoms with van der Waals surface area (Å²) in [6, 6.07) is 17.3. The third-order valence-electron chi connectivity index (χ3n) is 5.80. The first-order valence-corrected chi connectivity index (χ1v) is 11.4. The molecule has 0 N–H and O–H groups in total. The lowest BCUT2D eigenvalue weighted by Gasteiger charge is -2.28. The Morgan fingerprint density at radius 1 is 0.529 bits per heavy atom. The molecule has 0 aromatic heterocycles. The van der Waals surface area contributed by atoms with E-state index in [1.165, 1.54) is 0 Å². The summed E-state index contributed by atoms with van der Waals surface area (Å²) < 4.78 is 35.5. The quantitative estimate of drug-likeness (QED) is 0.238. The van der Waals surface area contributed by atoms with E-state index < -0.39 is 5.92 Å². The Bertz CT molecular complexity index is 978. The maximum Gasteiger partial charge on any atom is 0.127 e. The van der Waals surface area contributed by atoms with E-state index in [1.807, 2.05) is 54.6 Å². The molecule has 0 bridgehead atoms. The fraction of sp³-hybridized carbons (Fsp3) is 0.357. The highest BCUT2D eigenvalue weighted by Crippen LogP contribution is 2.52. The van der Waals surface area contributed by atoms with Crippen molar-refractivity contribution < 1.29 is 28.4 Å². The summed E-state index contributed by atoms with van der Waals surface area (Å²) in [5, 5.41) is 0. The van der Waals surface area contributed by atoms with Gasteiger partial charge in [-0.2, -0.15) is 0 Å². The van der Waals surface area contributed by atoms with Crippen LogP contribution in [0, 0.1) is 0 Å². The van der Waals surface area contributed by atoms with Crippen molar-refractivity contribution in [1.29, 1.82) is 0 Å². The van der Waals surface area contributed by atoms with Gasteiger partial charge in [0.05, 0.1) is 48.1 Å². The molecule has 3 rings (SSSR count). The van der Waals surface area contributed by atoms with Crippen LogP contribution in [0.2, 0.25) is 0 Å². The molecule has 0 fully saturated rings. The van der Waals surface area contributed by atoms with Crippen LogP contribution >= 0.6 is 0 Å². The van der Waals surface area contributed by atoms with Gasteiger partial charge in [0.25, 0.3) is 0 Å². The summed E-state index contributed by atoms with van der Waals surface area (Å²) in [4.78, 5) is 0. The Balaban J connectivity index is 2.44. The molecule has 6 nitrogen and oxygen atoms in total. The van der Waals surface area contributed by atoms with Gasteiger partial charge in [0.2, 0.25) is 0 Å². The Kier molecular flexibility index (Phi) is 8.91. The summed E-state index contributed by atoms with van der Waals surface area (Å²) in [5.41, 5.74) is 2.48. The minimum absolute atomic E-state index is 0.440. The number of hydrogen-bond acceptors (Lipinski definition) is 6. The van der Waals surface area contributed by atoms with Crippen molar-refractivity contribution in [3.63, 3.8) is 0 Å². The van der Waals surface area contributed by atoms with E-state index in [1.54, 1.807) is 35.5 Å². The van der Waals surface area contributed by atoms with Crippen molar-refractivity contribution in [3.05, 3.63) is 71.3 Å². The van der Waals surface area contributed by atoms with Gasteiger partial charge >= 0.3 is 0 Å². The molecule has 0 atom stereocenters. The van der Waals surface area contributed by atoms with Crippen LogP contribution < -0.4 is 28.4 Å². The number of ether oxygens (including phenoxy) is 6. The summed E-state index contributed by atoms with van der Waals surface area (Å²) in [6.45, 7) is 2.73. The Morgan fingerprint density at radius 2 is 0.853 bits per heavy atom. The van der Waals surface area contributed by atoms with Crippen LogP contribution in [0.3, 0.4) is 0 Å². The SMILES string of the molecule is CCCCOc1cccc(OC)c1C(c1c(OC)cccc1OC)c1c(OC)cccc1OC. The maximum atomic E-state index is 6.29. The van der Waals surface area contributed by atoms with E-state index in [4.69, 9.17) is 28.4 Å². The van der Waals surface area contributed by atoms with E-state index in [-0.39, 0.29) is 0 Å². The van der Waals surface area contributed by atoms with Crippen LogP contribution in [0.4, 0.5) is 0 Å². The number of unbranched alkanes of at least 4 members (excludes halogenated alkanes) is 1. The summed E-state index contributed by atoms with van der Waals surface area (Å²) in [5.74, 6) is 3.64. The predicted octanol–water partition coefficient (Wildman–Crippen LogP) is 6.09. The zero-order chi connectivity index (χ0) is 24.5. The van der Waals surface area contributed by atoms with Crippen molar-refractivity contribution >= 4 is 0 Å². The van der Waals surface area contributed by atoms with Crippen LogP contribution in [0.15, 0.2) is 54.6 Å². The first-order valence-electron chi connectivity index (χ1n) is 11.4. The number of hydrogen-bond donors (Lipinski definition) is 0. The molecule has 34 heavy (non-hydrogen) atoms. The molecule has 0 saturated heterocycles. The van der Waals surface area contributed by atoms with Gasteiger partial charge in [0.1, 0.15) is 34.5 Å². The molecule has 0 saturated carbocycles. The van der Waals surface area contributed by atoms with E-state index in [0.29, 0.717) is 35.4 Å². The number of methoxy groups -OCH3 is 5. The second kappa shape index (κ2) is 12.1. The molecule has 0 heterocycles. The molecule has 0 aliphatic heterocycles. The highest BCUT2D eigenvalue weighted by molar-refractivity contribution is 5.66. The summed E-state index contributed by atoms with van der Waals surface area (Å²) in [7, 11) is 8.25. The lowest BCUT2D eigenvalue weighted by Crippen LogP contribution is -2.13. The van der Waals surface area contributed by atoms with Gasteiger partial charge in [-0.1, -0.05) is 31.5 Å². The van der Waals surface area contributed by atoms with Gasteiger partial charge < -0.3 is 28.4 Å². The Labute approximate surface area is 202 Å². The lowest BCUT2D eigenvalue weighted by molar-refractivity contribution is 0.301. The molecule has 0 aliphatic carbocycles. The molecule has 0 radical (unpaired) electrons. The number of rotatable bonds is 12. The second-order valence-corrected chi connectivity index (χ2v) is 7.66. The number of benzene rings is 3. The van der Waals surface area contributed by atoms with Crippen molar-refractivity contribution in [1.82, 2.24) is 0 Å². The molecule has 0 amide bonds. The van der Waals surface area contributed by atoms with Crippen molar-refractivity contribution in [2.75, 3.05) is 42.2 Å². The summed E-state index contributed by atoms with van der Waals surface area (Å²) in [6.07, 6.45) is 1.97. The highest BCUT2D eigenvalue weighted by atomic mass is 16.5. The molecule has 0 spiro atoms. The normalized spacial score (nSPS) is 10.7. The molecule has 0 aliphatic rings. The zero-order valence-corrected chi connectivity index (χ0v) is 20.8. The van der Waals surface area contributed by atoms with Crippen molar-refractivity contribution in [3.8, 4) is 34.5 Å². The van der Waals surface area contributed by atoms with E-state index in [0.717, 1.165) is 35.3 Å². The van der Waals surface area contributed by atoms with Gasteiger partial charge in [-0.15, -0.1) is 0 Å². The smallest absolute Gasteiger partial charge is 0.127 e. The predicted molar refractivity (Wildman–Crippen MR) is 133 cm³/mol. The van der Waals surface area contributed by atoms with E-state index in [2.05, 4.69) is 6.92 Å². The third kappa shape index (κ3) is 5.01. The molecule has 3 aromatic rings. The molecule has 3 aromatic carbocycles. The molecular weight excluding hydrogens is 432 g/mol. The van der Waals surface area contributed by atoms with Gasteiger partial charge in [-0.05, 0) is 42.8 Å². The van der Waals surface area contributed by atoms with Crippen LogP contribution in [0.5, 0.6) is 34.5 Å². The first kappa shape index (κ1) is 25.1. The van der Waals surface area contributed by atoms with E-state index >= 15 is 0 Å². The fourth-order valence-corrected chi connectivity index (χ4v) is 4.20. The molecule has 182 valence electrons. The van der Waals surface area contributed by atoms with Gasteiger partial charge in [0.15, 0.2) is 0 Å². The van der Waals surface area contributed by atoms with Gasteiger partial charge in [-0.25, -0.2) is 0 Å². The Morgan fingerprint density at radius 3 is 1.18 bits per heavy atom. The molecule has 0 unspecified atom stereocenters. The van der Waals surface area contributed by atoms with Crippen LogP contribution in [-0.2, 0) is 0 Å². The van der Waals surface area contributed by atoms with Crippen LogP contribution in [0.25, 0.3) is 0 Å². The zero-order valence-electron chi connectivity index (χ0n) is 20.8. The van der Waals surface area contributed by atoms with Crippen LogP contribution in [-0.4, -0.2) is 42.2 Å². The highest BCUT2D eigenvalue weighted by Gasteiger charge is 2.34. The van der Waals surface area contributed by atoms with Gasteiger partial charge in [0, 0.05) is 16.7 Å².